The number of thioether (sulfide) groups is 1. The Kier molecular flexibility index (Phi) is 7.33. The third-order valence-electron chi connectivity index (χ3n) is 2.92. The summed E-state index contributed by atoms with van der Waals surface area (Å²) in [6.45, 7) is 7.76. The molecule has 0 fully saturated rings. The topological polar surface area (TPSA) is 29.3 Å². The molecule has 0 aliphatic rings. The molecule has 0 radical (unpaired) electrons. The molecule has 0 spiro atoms. The van der Waals surface area contributed by atoms with Crippen molar-refractivity contribution in [1.29, 1.82) is 0 Å². The lowest BCUT2D eigenvalue weighted by Gasteiger charge is -2.20. The number of nitrogens with two attached hydrogens (primary N) is 1. The largest absolute Gasteiger partial charge is 0.327 e. The highest BCUT2D eigenvalue weighted by Crippen LogP contribution is 2.18. The van der Waals surface area contributed by atoms with E-state index in [1.165, 1.54) is 4.90 Å². The van der Waals surface area contributed by atoms with Crippen LogP contribution in [0.25, 0.3) is 0 Å². The van der Waals surface area contributed by atoms with Crippen molar-refractivity contribution in [1.82, 2.24) is 4.90 Å². The molecule has 1 rings (SSSR count). The van der Waals surface area contributed by atoms with E-state index in [0.29, 0.717) is 6.04 Å². The van der Waals surface area contributed by atoms with Crippen LogP contribution in [-0.2, 0) is 0 Å². The summed E-state index contributed by atoms with van der Waals surface area (Å²) in [6, 6.07) is 10.8. The maximum atomic E-state index is 6.13. The van der Waals surface area contributed by atoms with Gasteiger partial charge in [-0.05, 0) is 38.2 Å². The molecular formula is C14H24N2S. The Balaban J connectivity index is 2.19. The van der Waals surface area contributed by atoms with E-state index in [2.05, 4.69) is 43.0 Å². The van der Waals surface area contributed by atoms with Crippen molar-refractivity contribution < 1.29 is 0 Å². The number of nitrogens with zero attached hydrogens (tertiary/aromatic N) is 1. The van der Waals surface area contributed by atoms with Crippen molar-refractivity contribution in [2.45, 2.75) is 31.2 Å². The minimum atomic E-state index is 0.292. The standard InChI is InChI=1S/C14H24N2S/c1-3-16(4-2)11-10-13(15)12-17-14-8-6-5-7-9-14/h5-9,13H,3-4,10-12,15H2,1-2H3. The summed E-state index contributed by atoms with van der Waals surface area (Å²) in [4.78, 5) is 3.73. The molecule has 3 heteroatoms. The molecule has 17 heavy (non-hydrogen) atoms. The third kappa shape index (κ3) is 6.10. The molecule has 1 unspecified atom stereocenters. The van der Waals surface area contributed by atoms with E-state index in [0.717, 1.165) is 31.8 Å². The zero-order valence-electron chi connectivity index (χ0n) is 10.9. The Bertz CT molecular complexity index is 286. The van der Waals surface area contributed by atoms with E-state index in [-0.39, 0.29) is 0 Å². The average molecular weight is 252 g/mol. The first-order valence-electron chi connectivity index (χ1n) is 6.42. The van der Waals surface area contributed by atoms with Crippen LogP contribution in [0, 0.1) is 0 Å². The van der Waals surface area contributed by atoms with Crippen LogP contribution < -0.4 is 5.73 Å². The summed E-state index contributed by atoms with van der Waals surface area (Å²) in [6.07, 6.45) is 1.08. The maximum Gasteiger partial charge on any atom is 0.0146 e. The minimum Gasteiger partial charge on any atom is -0.327 e. The Morgan fingerprint density at radius 1 is 1.18 bits per heavy atom. The Morgan fingerprint density at radius 2 is 1.82 bits per heavy atom. The Labute approximate surface area is 110 Å². The van der Waals surface area contributed by atoms with Gasteiger partial charge in [0, 0.05) is 16.7 Å². The first-order chi connectivity index (χ1) is 8.26. The summed E-state index contributed by atoms with van der Waals surface area (Å²) >= 11 is 1.85. The van der Waals surface area contributed by atoms with E-state index in [1.807, 2.05) is 17.8 Å². The second-order valence-corrected chi connectivity index (χ2v) is 5.29. The van der Waals surface area contributed by atoms with Gasteiger partial charge >= 0.3 is 0 Å². The van der Waals surface area contributed by atoms with E-state index >= 15 is 0 Å². The molecule has 0 aliphatic heterocycles. The lowest BCUT2D eigenvalue weighted by Crippen LogP contribution is -2.31. The molecule has 96 valence electrons. The van der Waals surface area contributed by atoms with Gasteiger partial charge < -0.3 is 10.6 Å². The number of hydrogen-bond acceptors (Lipinski definition) is 3. The molecule has 1 aromatic carbocycles. The van der Waals surface area contributed by atoms with Crippen molar-refractivity contribution in [2.24, 2.45) is 5.73 Å². The van der Waals surface area contributed by atoms with Crippen LogP contribution in [0.4, 0.5) is 0 Å². The molecule has 0 amide bonds. The van der Waals surface area contributed by atoms with Crippen molar-refractivity contribution in [2.75, 3.05) is 25.4 Å². The van der Waals surface area contributed by atoms with Gasteiger partial charge in [-0.3, -0.25) is 0 Å². The van der Waals surface area contributed by atoms with Gasteiger partial charge in [0.25, 0.3) is 0 Å². The van der Waals surface area contributed by atoms with Gasteiger partial charge in [-0.15, -0.1) is 11.8 Å². The SMILES string of the molecule is CCN(CC)CCC(N)CSc1ccccc1. The number of hydrogen-bond donors (Lipinski definition) is 1. The van der Waals surface area contributed by atoms with Gasteiger partial charge in [0.2, 0.25) is 0 Å². The van der Waals surface area contributed by atoms with Crippen LogP contribution in [0.2, 0.25) is 0 Å². The molecule has 0 saturated heterocycles. The summed E-state index contributed by atoms with van der Waals surface area (Å²) in [5, 5.41) is 0. The van der Waals surface area contributed by atoms with Crippen LogP contribution in [-0.4, -0.2) is 36.3 Å². The Hall–Kier alpha value is -0.510. The monoisotopic (exact) mass is 252 g/mol. The summed E-state index contributed by atoms with van der Waals surface area (Å²) in [5.74, 6) is 1.01. The zero-order chi connectivity index (χ0) is 12.5. The highest BCUT2D eigenvalue weighted by atomic mass is 32.2. The fourth-order valence-electron chi connectivity index (χ4n) is 1.69. The molecule has 1 atom stereocenters. The predicted molar refractivity (Wildman–Crippen MR) is 77.5 cm³/mol. The quantitative estimate of drug-likeness (QED) is 0.721. The van der Waals surface area contributed by atoms with Crippen LogP contribution in [0.5, 0.6) is 0 Å². The lowest BCUT2D eigenvalue weighted by atomic mass is 10.2. The average Bonchev–Trinajstić information content (AvgIpc) is 2.39. The fourth-order valence-corrected chi connectivity index (χ4v) is 2.61. The van der Waals surface area contributed by atoms with E-state index in [9.17, 15) is 0 Å². The highest BCUT2D eigenvalue weighted by Gasteiger charge is 2.06. The summed E-state index contributed by atoms with van der Waals surface area (Å²) < 4.78 is 0. The van der Waals surface area contributed by atoms with Gasteiger partial charge in [-0.2, -0.15) is 0 Å². The summed E-state index contributed by atoms with van der Waals surface area (Å²) in [7, 11) is 0. The van der Waals surface area contributed by atoms with Crippen molar-refractivity contribution in [3.8, 4) is 0 Å². The molecule has 1 aromatic rings. The van der Waals surface area contributed by atoms with Gasteiger partial charge in [-0.25, -0.2) is 0 Å². The minimum absolute atomic E-state index is 0.292. The fraction of sp³-hybridized carbons (Fsp3) is 0.571. The predicted octanol–water partition coefficient (Wildman–Crippen LogP) is 2.84. The van der Waals surface area contributed by atoms with Crippen LogP contribution >= 0.6 is 11.8 Å². The van der Waals surface area contributed by atoms with E-state index in [1.54, 1.807) is 0 Å². The Morgan fingerprint density at radius 3 is 2.41 bits per heavy atom. The van der Waals surface area contributed by atoms with Crippen LogP contribution in [0.1, 0.15) is 20.3 Å². The van der Waals surface area contributed by atoms with Gasteiger partial charge in [0.1, 0.15) is 0 Å². The smallest absolute Gasteiger partial charge is 0.0146 e. The molecule has 0 bridgehead atoms. The first kappa shape index (κ1) is 14.6. The van der Waals surface area contributed by atoms with E-state index < -0.39 is 0 Å². The summed E-state index contributed by atoms with van der Waals surface area (Å²) in [5.41, 5.74) is 6.13. The van der Waals surface area contributed by atoms with Crippen molar-refractivity contribution in [3.63, 3.8) is 0 Å². The van der Waals surface area contributed by atoms with Crippen molar-refractivity contribution >= 4 is 11.8 Å². The van der Waals surface area contributed by atoms with Crippen LogP contribution in [0.15, 0.2) is 35.2 Å². The number of rotatable bonds is 8. The molecule has 0 saturated carbocycles. The second-order valence-electron chi connectivity index (χ2n) is 4.20. The van der Waals surface area contributed by atoms with Crippen LogP contribution in [0.3, 0.4) is 0 Å². The normalized spacial score (nSPS) is 12.9. The number of benzene rings is 1. The zero-order valence-corrected chi connectivity index (χ0v) is 11.7. The molecule has 2 N–H and O–H groups in total. The van der Waals surface area contributed by atoms with Crippen molar-refractivity contribution in [3.05, 3.63) is 30.3 Å². The first-order valence-corrected chi connectivity index (χ1v) is 7.40. The van der Waals surface area contributed by atoms with E-state index in [4.69, 9.17) is 5.73 Å². The molecule has 0 aliphatic carbocycles. The van der Waals surface area contributed by atoms with Gasteiger partial charge in [0.15, 0.2) is 0 Å². The highest BCUT2D eigenvalue weighted by molar-refractivity contribution is 7.99. The van der Waals surface area contributed by atoms with Gasteiger partial charge in [-0.1, -0.05) is 32.0 Å². The lowest BCUT2D eigenvalue weighted by molar-refractivity contribution is 0.293. The maximum absolute atomic E-state index is 6.13. The molecular weight excluding hydrogens is 228 g/mol. The molecule has 2 nitrogen and oxygen atoms in total. The van der Waals surface area contributed by atoms with Gasteiger partial charge in [0.05, 0.1) is 0 Å². The second kappa shape index (κ2) is 8.56. The molecule has 0 aromatic heterocycles. The third-order valence-corrected chi connectivity index (χ3v) is 4.12. The molecule has 0 heterocycles.